The molecular formula is C24H29N4O2+. The highest BCUT2D eigenvalue weighted by Crippen LogP contribution is 2.25. The van der Waals surface area contributed by atoms with Gasteiger partial charge < -0.3 is 9.80 Å². The van der Waals surface area contributed by atoms with Gasteiger partial charge in [0.05, 0.1) is 31.9 Å². The zero-order valence-electron chi connectivity index (χ0n) is 17.7. The van der Waals surface area contributed by atoms with Gasteiger partial charge in [0.25, 0.3) is 5.91 Å². The standard InChI is InChI=1S/C24H28N4O2/c1-18-8-9-19(2)22(16-18)28-23(29)11-10-21(25-28)24(30)27-14-12-26(13-15-27)17-20-6-4-3-5-7-20/h3-9,16H,10-15,17H2,1-2H3/p+1. The largest absolute Gasteiger partial charge is 0.328 e. The minimum Gasteiger partial charge on any atom is -0.328 e. The Hall–Kier alpha value is -2.99. The fourth-order valence-electron chi connectivity index (χ4n) is 4.11. The summed E-state index contributed by atoms with van der Waals surface area (Å²) in [6.45, 7) is 8.22. The maximum Gasteiger partial charge on any atom is 0.270 e. The average molecular weight is 406 g/mol. The number of benzene rings is 2. The molecule has 2 heterocycles. The summed E-state index contributed by atoms with van der Waals surface area (Å²) in [6, 6.07) is 16.4. The Morgan fingerprint density at radius 2 is 1.77 bits per heavy atom. The number of anilines is 1. The number of hydrogen-bond donors (Lipinski definition) is 1. The van der Waals surface area contributed by atoms with Crippen molar-refractivity contribution in [1.82, 2.24) is 4.90 Å². The predicted octanol–water partition coefficient (Wildman–Crippen LogP) is 1.71. The van der Waals surface area contributed by atoms with Crippen molar-refractivity contribution in [3.63, 3.8) is 0 Å². The number of amides is 2. The number of hydrazone groups is 1. The molecule has 2 amide bonds. The second kappa shape index (κ2) is 8.79. The van der Waals surface area contributed by atoms with E-state index < -0.39 is 0 Å². The third-order valence-electron chi connectivity index (χ3n) is 5.93. The van der Waals surface area contributed by atoms with Crippen LogP contribution in [0.25, 0.3) is 0 Å². The Labute approximate surface area is 177 Å². The van der Waals surface area contributed by atoms with Crippen LogP contribution in [0.15, 0.2) is 53.6 Å². The molecule has 4 rings (SSSR count). The highest BCUT2D eigenvalue weighted by molar-refractivity contribution is 6.40. The van der Waals surface area contributed by atoms with Gasteiger partial charge in [-0.3, -0.25) is 9.59 Å². The summed E-state index contributed by atoms with van der Waals surface area (Å²) in [5.74, 6) is -0.0889. The Morgan fingerprint density at radius 3 is 2.50 bits per heavy atom. The molecule has 2 aliphatic rings. The molecule has 0 aromatic heterocycles. The van der Waals surface area contributed by atoms with Gasteiger partial charge in [0.15, 0.2) is 0 Å². The van der Waals surface area contributed by atoms with E-state index in [4.69, 9.17) is 0 Å². The van der Waals surface area contributed by atoms with Crippen LogP contribution >= 0.6 is 0 Å². The maximum absolute atomic E-state index is 13.1. The lowest BCUT2D eigenvalue weighted by atomic mass is 10.1. The van der Waals surface area contributed by atoms with Crippen LogP contribution in [0.5, 0.6) is 0 Å². The van der Waals surface area contributed by atoms with Crippen LogP contribution in [0.3, 0.4) is 0 Å². The minimum atomic E-state index is -0.0580. The average Bonchev–Trinajstić information content (AvgIpc) is 2.77. The molecule has 0 radical (unpaired) electrons. The molecule has 0 aliphatic carbocycles. The molecule has 156 valence electrons. The topological polar surface area (TPSA) is 57.4 Å². The van der Waals surface area contributed by atoms with Crippen LogP contribution in [-0.2, 0) is 16.1 Å². The van der Waals surface area contributed by atoms with E-state index in [9.17, 15) is 9.59 Å². The lowest BCUT2D eigenvalue weighted by molar-refractivity contribution is -0.917. The van der Waals surface area contributed by atoms with Crippen molar-refractivity contribution in [1.29, 1.82) is 0 Å². The number of nitrogens with one attached hydrogen (secondary N) is 1. The number of quaternary nitrogens is 1. The van der Waals surface area contributed by atoms with E-state index in [1.807, 2.05) is 43.0 Å². The van der Waals surface area contributed by atoms with Crippen molar-refractivity contribution < 1.29 is 14.5 Å². The van der Waals surface area contributed by atoms with Crippen molar-refractivity contribution >= 4 is 23.2 Å². The Bertz CT molecular complexity index is 962. The second-order valence-corrected chi connectivity index (χ2v) is 8.25. The summed E-state index contributed by atoms with van der Waals surface area (Å²) in [5, 5.41) is 5.93. The third-order valence-corrected chi connectivity index (χ3v) is 5.93. The van der Waals surface area contributed by atoms with Crippen molar-refractivity contribution in [2.75, 3.05) is 31.2 Å². The van der Waals surface area contributed by atoms with E-state index in [1.54, 1.807) is 0 Å². The highest BCUT2D eigenvalue weighted by atomic mass is 16.2. The van der Waals surface area contributed by atoms with E-state index >= 15 is 0 Å². The molecule has 0 spiro atoms. The predicted molar refractivity (Wildman–Crippen MR) is 117 cm³/mol. The SMILES string of the molecule is Cc1ccc(C)c(N2N=C(C(=O)N3CC[NH+](Cc4ccccc4)CC3)CCC2=O)c1. The number of piperazine rings is 1. The Balaban J connectivity index is 1.43. The van der Waals surface area contributed by atoms with Gasteiger partial charge in [0.1, 0.15) is 12.3 Å². The van der Waals surface area contributed by atoms with Crippen LogP contribution in [0.4, 0.5) is 5.69 Å². The normalized spacial score (nSPS) is 17.8. The van der Waals surface area contributed by atoms with Crippen molar-refractivity contribution in [2.45, 2.75) is 33.2 Å². The van der Waals surface area contributed by atoms with Gasteiger partial charge in [0.2, 0.25) is 5.91 Å². The number of nitrogens with zero attached hydrogens (tertiary/aromatic N) is 3. The second-order valence-electron chi connectivity index (χ2n) is 8.25. The summed E-state index contributed by atoms with van der Waals surface area (Å²) >= 11 is 0. The third kappa shape index (κ3) is 4.44. The molecule has 2 aliphatic heterocycles. The fourth-order valence-corrected chi connectivity index (χ4v) is 4.11. The molecular weight excluding hydrogens is 376 g/mol. The Kier molecular flexibility index (Phi) is 5.95. The van der Waals surface area contributed by atoms with E-state index in [2.05, 4.69) is 29.4 Å². The van der Waals surface area contributed by atoms with Crippen LogP contribution in [0.1, 0.15) is 29.5 Å². The zero-order valence-corrected chi connectivity index (χ0v) is 17.7. The first-order valence-corrected chi connectivity index (χ1v) is 10.7. The fraction of sp³-hybridized carbons (Fsp3) is 0.375. The monoisotopic (exact) mass is 405 g/mol. The van der Waals surface area contributed by atoms with E-state index in [1.165, 1.54) is 15.5 Å². The molecule has 1 N–H and O–H groups in total. The molecule has 0 saturated carbocycles. The zero-order chi connectivity index (χ0) is 21.1. The molecule has 1 saturated heterocycles. The van der Waals surface area contributed by atoms with Crippen molar-refractivity contribution in [3.8, 4) is 0 Å². The molecule has 2 aromatic rings. The van der Waals surface area contributed by atoms with Crippen LogP contribution in [0.2, 0.25) is 0 Å². The highest BCUT2D eigenvalue weighted by Gasteiger charge is 2.31. The van der Waals surface area contributed by atoms with Crippen LogP contribution in [0, 0.1) is 13.8 Å². The van der Waals surface area contributed by atoms with Gasteiger partial charge in [0, 0.05) is 18.4 Å². The van der Waals surface area contributed by atoms with Crippen molar-refractivity contribution in [3.05, 3.63) is 65.2 Å². The first-order chi connectivity index (χ1) is 14.5. The quantitative estimate of drug-likeness (QED) is 0.842. The number of rotatable bonds is 4. The maximum atomic E-state index is 13.1. The van der Waals surface area contributed by atoms with Gasteiger partial charge in [-0.05, 0) is 31.0 Å². The summed E-state index contributed by atoms with van der Waals surface area (Å²) in [6.07, 6.45) is 0.729. The van der Waals surface area contributed by atoms with Crippen LogP contribution in [-0.4, -0.2) is 48.6 Å². The van der Waals surface area contributed by atoms with E-state index in [0.29, 0.717) is 18.6 Å². The molecule has 30 heavy (non-hydrogen) atoms. The minimum absolute atomic E-state index is 0.0310. The van der Waals surface area contributed by atoms with Crippen molar-refractivity contribution in [2.24, 2.45) is 5.10 Å². The Morgan fingerprint density at radius 1 is 1.03 bits per heavy atom. The number of aryl methyl sites for hydroxylation is 2. The number of carbonyl (C=O) groups is 2. The smallest absolute Gasteiger partial charge is 0.270 e. The van der Waals surface area contributed by atoms with E-state index in [-0.39, 0.29) is 11.8 Å². The molecule has 6 heteroatoms. The molecule has 0 atom stereocenters. The summed E-state index contributed by atoms with van der Waals surface area (Å²) in [4.78, 5) is 29.0. The summed E-state index contributed by atoms with van der Waals surface area (Å²) in [5.41, 5.74) is 4.62. The molecule has 6 nitrogen and oxygen atoms in total. The molecule has 0 unspecified atom stereocenters. The summed E-state index contributed by atoms with van der Waals surface area (Å²) in [7, 11) is 0. The first kappa shape index (κ1) is 20.3. The molecule has 2 aromatic carbocycles. The van der Waals surface area contributed by atoms with Gasteiger partial charge in [-0.25, -0.2) is 5.01 Å². The number of carbonyl (C=O) groups excluding carboxylic acids is 2. The van der Waals surface area contributed by atoms with Gasteiger partial charge in [-0.15, -0.1) is 0 Å². The number of hydrogen-bond acceptors (Lipinski definition) is 3. The lowest BCUT2D eigenvalue weighted by Crippen LogP contribution is -3.13. The van der Waals surface area contributed by atoms with Gasteiger partial charge in [-0.2, -0.15) is 5.10 Å². The molecule has 1 fully saturated rings. The van der Waals surface area contributed by atoms with Gasteiger partial charge in [-0.1, -0.05) is 42.5 Å². The summed E-state index contributed by atoms with van der Waals surface area (Å²) < 4.78 is 0. The van der Waals surface area contributed by atoms with Gasteiger partial charge >= 0.3 is 0 Å². The lowest BCUT2D eigenvalue weighted by Gasteiger charge is -2.33. The first-order valence-electron chi connectivity index (χ1n) is 10.7. The van der Waals surface area contributed by atoms with E-state index in [0.717, 1.165) is 49.5 Å². The molecule has 0 bridgehead atoms. The van der Waals surface area contributed by atoms with Crippen LogP contribution < -0.4 is 9.91 Å².